The number of aldehydes is 1. The third-order valence-corrected chi connectivity index (χ3v) is 2.39. The van der Waals surface area contributed by atoms with Crippen molar-refractivity contribution in [2.75, 3.05) is 0 Å². The standard InChI is InChI=1S/C12H14O3/c1-3-4-5-9-8(2)10(7-13)12(15)6-11(9)14/h3-4,6-7,14-15H,5H2,1-2H3/b4-3+. The van der Waals surface area contributed by atoms with Crippen LogP contribution in [0.4, 0.5) is 0 Å². The van der Waals surface area contributed by atoms with E-state index in [4.69, 9.17) is 0 Å². The van der Waals surface area contributed by atoms with E-state index in [9.17, 15) is 15.0 Å². The molecule has 1 aromatic carbocycles. The van der Waals surface area contributed by atoms with E-state index < -0.39 is 0 Å². The summed E-state index contributed by atoms with van der Waals surface area (Å²) in [5.41, 5.74) is 1.54. The number of hydrogen-bond acceptors (Lipinski definition) is 3. The van der Waals surface area contributed by atoms with E-state index in [1.807, 2.05) is 19.1 Å². The van der Waals surface area contributed by atoms with Gasteiger partial charge in [0.05, 0.1) is 5.56 Å². The number of hydrogen-bond donors (Lipinski definition) is 2. The van der Waals surface area contributed by atoms with Crippen LogP contribution in [0.5, 0.6) is 11.5 Å². The highest BCUT2D eigenvalue weighted by Gasteiger charge is 2.12. The molecule has 1 aromatic rings. The predicted octanol–water partition coefficient (Wildman–Crippen LogP) is 2.34. The summed E-state index contributed by atoms with van der Waals surface area (Å²) in [6, 6.07) is 1.20. The molecule has 1 rings (SSSR count). The van der Waals surface area contributed by atoms with Crippen LogP contribution >= 0.6 is 0 Å². The first kappa shape index (κ1) is 11.3. The van der Waals surface area contributed by atoms with Crippen LogP contribution in [0.2, 0.25) is 0 Å². The second kappa shape index (κ2) is 4.64. The molecule has 0 radical (unpaired) electrons. The number of phenols is 2. The zero-order chi connectivity index (χ0) is 11.4. The summed E-state index contributed by atoms with van der Waals surface area (Å²) < 4.78 is 0. The highest BCUT2D eigenvalue weighted by Crippen LogP contribution is 2.31. The second-order valence-corrected chi connectivity index (χ2v) is 3.32. The van der Waals surface area contributed by atoms with Gasteiger partial charge in [0.2, 0.25) is 0 Å². The maximum absolute atomic E-state index is 10.7. The zero-order valence-electron chi connectivity index (χ0n) is 8.82. The fourth-order valence-electron chi connectivity index (χ4n) is 1.48. The van der Waals surface area contributed by atoms with E-state index in [0.29, 0.717) is 23.8 Å². The quantitative estimate of drug-likeness (QED) is 0.589. The lowest BCUT2D eigenvalue weighted by atomic mass is 9.98. The SMILES string of the molecule is C/C=C/Cc1c(O)cc(O)c(C=O)c1C. The van der Waals surface area contributed by atoms with Gasteiger partial charge in [-0.1, -0.05) is 12.2 Å². The topological polar surface area (TPSA) is 57.5 Å². The molecule has 0 saturated heterocycles. The summed E-state index contributed by atoms with van der Waals surface area (Å²) >= 11 is 0. The lowest BCUT2D eigenvalue weighted by Gasteiger charge is -2.10. The fraction of sp³-hybridized carbons (Fsp3) is 0.250. The van der Waals surface area contributed by atoms with Crippen molar-refractivity contribution >= 4 is 6.29 Å². The summed E-state index contributed by atoms with van der Waals surface area (Å²) in [6.07, 6.45) is 4.90. The maximum atomic E-state index is 10.7. The molecule has 15 heavy (non-hydrogen) atoms. The Hall–Kier alpha value is -1.77. The van der Waals surface area contributed by atoms with Gasteiger partial charge in [0, 0.05) is 11.6 Å². The van der Waals surface area contributed by atoms with Crippen molar-refractivity contribution in [3.8, 4) is 11.5 Å². The lowest BCUT2D eigenvalue weighted by Crippen LogP contribution is -1.95. The van der Waals surface area contributed by atoms with Gasteiger partial charge >= 0.3 is 0 Å². The molecule has 0 atom stereocenters. The number of rotatable bonds is 3. The van der Waals surface area contributed by atoms with Gasteiger partial charge in [0.1, 0.15) is 11.5 Å². The highest BCUT2D eigenvalue weighted by atomic mass is 16.3. The molecule has 0 amide bonds. The summed E-state index contributed by atoms with van der Waals surface area (Å²) in [4.78, 5) is 10.7. The first-order valence-electron chi connectivity index (χ1n) is 4.72. The predicted molar refractivity (Wildman–Crippen MR) is 58.4 cm³/mol. The van der Waals surface area contributed by atoms with Crippen molar-refractivity contribution in [2.45, 2.75) is 20.3 Å². The summed E-state index contributed by atoms with van der Waals surface area (Å²) in [5.74, 6) is -0.155. The minimum Gasteiger partial charge on any atom is -0.508 e. The molecule has 0 bridgehead atoms. The van der Waals surface area contributed by atoms with Crippen LogP contribution in [0.3, 0.4) is 0 Å². The molecule has 0 aliphatic carbocycles. The molecule has 2 N–H and O–H groups in total. The van der Waals surface area contributed by atoms with E-state index in [2.05, 4.69) is 0 Å². The third kappa shape index (κ3) is 2.18. The van der Waals surface area contributed by atoms with Gasteiger partial charge in [0.15, 0.2) is 6.29 Å². The van der Waals surface area contributed by atoms with Crippen LogP contribution in [0, 0.1) is 6.92 Å². The van der Waals surface area contributed by atoms with Crippen molar-refractivity contribution in [3.05, 3.63) is 34.9 Å². The molecule has 0 unspecified atom stereocenters. The summed E-state index contributed by atoms with van der Waals surface area (Å²) in [7, 11) is 0. The summed E-state index contributed by atoms with van der Waals surface area (Å²) in [6.45, 7) is 3.59. The van der Waals surface area contributed by atoms with E-state index in [1.54, 1.807) is 6.92 Å². The number of carbonyl (C=O) groups is 1. The smallest absolute Gasteiger partial charge is 0.154 e. The molecular weight excluding hydrogens is 192 g/mol. The fourth-order valence-corrected chi connectivity index (χ4v) is 1.48. The van der Waals surface area contributed by atoms with Crippen LogP contribution in [0.25, 0.3) is 0 Å². The molecule has 0 aliphatic heterocycles. The molecule has 3 heteroatoms. The van der Waals surface area contributed by atoms with E-state index in [-0.39, 0.29) is 17.1 Å². The average molecular weight is 206 g/mol. The van der Waals surface area contributed by atoms with Crippen molar-refractivity contribution in [3.63, 3.8) is 0 Å². The zero-order valence-corrected chi connectivity index (χ0v) is 8.82. The Labute approximate surface area is 88.7 Å². The normalized spacial score (nSPS) is 10.8. The number of phenolic OH excluding ortho intramolecular Hbond substituents is 2. The van der Waals surface area contributed by atoms with Crippen LogP contribution in [0.15, 0.2) is 18.2 Å². The Morgan fingerprint density at radius 3 is 2.53 bits per heavy atom. The minimum atomic E-state index is -0.177. The average Bonchev–Trinajstić information content (AvgIpc) is 2.17. The molecule has 3 nitrogen and oxygen atoms in total. The monoisotopic (exact) mass is 206 g/mol. The van der Waals surface area contributed by atoms with Crippen molar-refractivity contribution in [1.29, 1.82) is 0 Å². The Kier molecular flexibility index (Phi) is 3.50. The largest absolute Gasteiger partial charge is 0.508 e. The van der Waals surface area contributed by atoms with Gasteiger partial charge in [-0.05, 0) is 25.8 Å². The van der Waals surface area contributed by atoms with Gasteiger partial charge in [-0.3, -0.25) is 4.79 Å². The van der Waals surface area contributed by atoms with Gasteiger partial charge in [-0.2, -0.15) is 0 Å². The van der Waals surface area contributed by atoms with Gasteiger partial charge < -0.3 is 10.2 Å². The van der Waals surface area contributed by atoms with Crippen LogP contribution in [0.1, 0.15) is 28.4 Å². The van der Waals surface area contributed by atoms with Crippen molar-refractivity contribution in [2.24, 2.45) is 0 Å². The second-order valence-electron chi connectivity index (χ2n) is 3.32. The molecule has 0 spiro atoms. The molecule has 0 heterocycles. The van der Waals surface area contributed by atoms with Crippen molar-refractivity contribution < 1.29 is 15.0 Å². The number of carbonyl (C=O) groups excluding carboxylic acids is 1. The lowest BCUT2D eigenvalue weighted by molar-refractivity contribution is 0.112. The Morgan fingerprint density at radius 1 is 1.33 bits per heavy atom. The molecule has 80 valence electrons. The molecular formula is C12H14O3. The molecule has 0 aliphatic rings. The first-order valence-corrected chi connectivity index (χ1v) is 4.72. The number of aromatic hydroxyl groups is 2. The molecule has 0 fully saturated rings. The van der Waals surface area contributed by atoms with Crippen LogP contribution in [-0.2, 0) is 6.42 Å². The molecule has 0 saturated carbocycles. The molecule has 0 aromatic heterocycles. The summed E-state index contributed by atoms with van der Waals surface area (Å²) in [5, 5.41) is 19.0. The number of benzene rings is 1. The Morgan fingerprint density at radius 2 is 2.00 bits per heavy atom. The van der Waals surface area contributed by atoms with Crippen LogP contribution in [-0.4, -0.2) is 16.5 Å². The highest BCUT2D eigenvalue weighted by molar-refractivity contribution is 5.83. The number of allylic oxidation sites excluding steroid dienone is 2. The van der Waals surface area contributed by atoms with Crippen molar-refractivity contribution in [1.82, 2.24) is 0 Å². The Bertz CT molecular complexity index is 406. The van der Waals surface area contributed by atoms with E-state index in [0.717, 1.165) is 0 Å². The van der Waals surface area contributed by atoms with Gasteiger partial charge in [-0.25, -0.2) is 0 Å². The van der Waals surface area contributed by atoms with E-state index in [1.165, 1.54) is 6.07 Å². The Balaban J connectivity index is 3.31. The van der Waals surface area contributed by atoms with Gasteiger partial charge in [-0.15, -0.1) is 0 Å². The maximum Gasteiger partial charge on any atom is 0.154 e. The third-order valence-electron chi connectivity index (χ3n) is 2.39. The first-order chi connectivity index (χ1) is 7.11. The minimum absolute atomic E-state index is 0.0219. The van der Waals surface area contributed by atoms with E-state index >= 15 is 0 Å². The van der Waals surface area contributed by atoms with Crippen LogP contribution < -0.4 is 0 Å². The van der Waals surface area contributed by atoms with Gasteiger partial charge in [0.25, 0.3) is 0 Å².